The Hall–Kier alpha value is -2.54. The smallest absolute Gasteiger partial charge is 0.322 e. The second-order valence-corrected chi connectivity index (χ2v) is 11.0. The maximum atomic E-state index is 13.6. The molecule has 204 valence electrons. The summed E-state index contributed by atoms with van der Waals surface area (Å²) in [5.41, 5.74) is 6.11. The number of nitrogens with one attached hydrogen (secondary N) is 2. The Balaban J connectivity index is 3.45. The molecule has 0 aliphatic carbocycles. The average Bonchev–Trinajstić information content (AvgIpc) is 2.78. The van der Waals surface area contributed by atoms with Gasteiger partial charge in [0.05, 0.1) is 0 Å². The van der Waals surface area contributed by atoms with E-state index in [0.717, 1.165) is 0 Å². The summed E-state index contributed by atoms with van der Waals surface area (Å²) in [6.45, 7) is 8.06. The molecular formula is C24H41N5O6S. The van der Waals surface area contributed by atoms with Gasteiger partial charge in [0.2, 0.25) is 11.8 Å². The summed E-state index contributed by atoms with van der Waals surface area (Å²) >= 11 is 0. The van der Waals surface area contributed by atoms with Gasteiger partial charge in [-0.2, -0.15) is 12.7 Å². The molecule has 0 aromatic heterocycles. The van der Waals surface area contributed by atoms with E-state index in [4.69, 9.17) is 10.9 Å². The van der Waals surface area contributed by atoms with Gasteiger partial charge in [0.25, 0.3) is 10.2 Å². The number of carbonyl (C=O) groups is 3. The van der Waals surface area contributed by atoms with Gasteiger partial charge in [-0.1, -0.05) is 58.0 Å². The van der Waals surface area contributed by atoms with Gasteiger partial charge < -0.3 is 21.5 Å². The van der Waals surface area contributed by atoms with Crippen LogP contribution in [0.15, 0.2) is 30.3 Å². The van der Waals surface area contributed by atoms with Crippen LogP contribution in [0.4, 0.5) is 0 Å². The normalized spacial score (nSPS) is 14.5. The number of carbonyl (C=O) groups excluding carboxylic acids is 2. The van der Waals surface area contributed by atoms with Crippen molar-refractivity contribution in [3.8, 4) is 0 Å². The van der Waals surface area contributed by atoms with Gasteiger partial charge in [0, 0.05) is 6.54 Å². The number of carboxylic acids is 1. The second-order valence-electron chi connectivity index (χ2n) is 9.59. The fourth-order valence-electron chi connectivity index (χ4n) is 3.75. The summed E-state index contributed by atoms with van der Waals surface area (Å²) in [5.74, 6) is -2.78. The minimum Gasteiger partial charge on any atom is -0.480 e. The topological polar surface area (TPSA) is 185 Å². The molecule has 0 spiro atoms. The van der Waals surface area contributed by atoms with Gasteiger partial charge in [0.1, 0.15) is 18.1 Å². The van der Waals surface area contributed by atoms with Crippen molar-refractivity contribution in [2.45, 2.75) is 71.5 Å². The minimum absolute atomic E-state index is 0.0793. The Morgan fingerprint density at radius 2 is 1.61 bits per heavy atom. The number of hydrogen-bond donors (Lipinski definition) is 5. The fourth-order valence-corrected chi connectivity index (χ4v) is 4.82. The lowest BCUT2D eigenvalue weighted by molar-refractivity contribution is -0.143. The molecule has 11 nitrogen and oxygen atoms in total. The van der Waals surface area contributed by atoms with Crippen molar-refractivity contribution in [3.05, 3.63) is 35.9 Å². The summed E-state index contributed by atoms with van der Waals surface area (Å²) in [6.07, 6.45) is 0.584. The van der Waals surface area contributed by atoms with Gasteiger partial charge in [0.15, 0.2) is 0 Å². The molecule has 3 atom stereocenters. The predicted molar refractivity (Wildman–Crippen MR) is 138 cm³/mol. The first-order valence-electron chi connectivity index (χ1n) is 12.2. The van der Waals surface area contributed by atoms with Crippen molar-refractivity contribution in [1.82, 2.24) is 14.9 Å². The molecule has 0 unspecified atom stereocenters. The lowest BCUT2D eigenvalue weighted by Gasteiger charge is -2.34. The lowest BCUT2D eigenvalue weighted by Crippen LogP contribution is -2.61. The van der Waals surface area contributed by atoms with Crippen molar-refractivity contribution in [3.63, 3.8) is 0 Å². The van der Waals surface area contributed by atoms with Gasteiger partial charge >= 0.3 is 5.97 Å². The highest BCUT2D eigenvalue weighted by atomic mass is 32.2. The van der Waals surface area contributed by atoms with Crippen LogP contribution in [0.2, 0.25) is 0 Å². The number of hydrogen-bond acceptors (Lipinski definition) is 6. The molecule has 1 aromatic carbocycles. The molecule has 0 aliphatic rings. The van der Waals surface area contributed by atoms with Gasteiger partial charge in [-0.15, -0.1) is 0 Å². The fraction of sp³-hybridized carbons (Fsp3) is 0.625. The maximum Gasteiger partial charge on any atom is 0.322 e. The Morgan fingerprint density at radius 3 is 2.08 bits per heavy atom. The van der Waals surface area contributed by atoms with E-state index in [1.807, 2.05) is 13.8 Å². The summed E-state index contributed by atoms with van der Waals surface area (Å²) in [4.78, 5) is 38.5. The zero-order valence-corrected chi connectivity index (χ0v) is 22.3. The number of rotatable bonds is 16. The molecule has 0 heterocycles. The van der Waals surface area contributed by atoms with Crippen molar-refractivity contribution in [2.24, 2.45) is 22.7 Å². The third-order valence-corrected chi connectivity index (χ3v) is 6.73. The first kappa shape index (κ1) is 31.5. The number of unbranched alkanes of at least 4 members (excludes halogenated alkanes) is 1. The van der Waals surface area contributed by atoms with Crippen molar-refractivity contribution < 1.29 is 27.9 Å². The number of amides is 2. The van der Waals surface area contributed by atoms with Crippen LogP contribution in [0, 0.1) is 11.8 Å². The van der Waals surface area contributed by atoms with E-state index < -0.39 is 46.1 Å². The number of aliphatic carboxylic acids is 1. The molecule has 7 N–H and O–H groups in total. The molecule has 0 bridgehead atoms. The number of nitrogens with zero attached hydrogens (tertiary/aromatic N) is 1. The SMILES string of the molecule is CC(C)CNC(=O)[C@@H](NC(=O)[C@H](Cc1ccccc1)N([C@@H](CCCCN)C(=O)O)S(N)(=O)=O)C(C)C. The van der Waals surface area contributed by atoms with Crippen LogP contribution in [-0.2, 0) is 31.0 Å². The third-order valence-electron chi connectivity index (χ3n) is 5.63. The van der Waals surface area contributed by atoms with E-state index >= 15 is 0 Å². The Morgan fingerprint density at radius 1 is 1.00 bits per heavy atom. The molecule has 1 aromatic rings. The van der Waals surface area contributed by atoms with E-state index in [1.165, 1.54) is 0 Å². The van der Waals surface area contributed by atoms with Gasteiger partial charge in [-0.05, 0) is 49.6 Å². The zero-order valence-electron chi connectivity index (χ0n) is 21.5. The third kappa shape index (κ3) is 10.2. The molecule has 2 amide bonds. The molecule has 0 fully saturated rings. The first-order chi connectivity index (χ1) is 16.8. The first-order valence-corrected chi connectivity index (χ1v) is 13.7. The second kappa shape index (κ2) is 14.9. The van der Waals surface area contributed by atoms with Crippen molar-refractivity contribution in [2.75, 3.05) is 13.1 Å². The van der Waals surface area contributed by atoms with Gasteiger partial charge in [-0.25, -0.2) is 5.14 Å². The van der Waals surface area contributed by atoms with Crippen LogP contribution in [0.1, 0.15) is 52.5 Å². The van der Waals surface area contributed by atoms with Crippen LogP contribution < -0.4 is 21.5 Å². The van der Waals surface area contributed by atoms with Crippen LogP contribution in [0.5, 0.6) is 0 Å². The Kier molecular flexibility index (Phi) is 13.0. The van der Waals surface area contributed by atoms with Crippen molar-refractivity contribution >= 4 is 28.0 Å². The van der Waals surface area contributed by atoms with Crippen LogP contribution >= 0.6 is 0 Å². The molecule has 0 radical (unpaired) electrons. The predicted octanol–water partition coefficient (Wildman–Crippen LogP) is 0.598. The molecule has 0 saturated heterocycles. The van der Waals surface area contributed by atoms with E-state index in [9.17, 15) is 27.9 Å². The molecule has 12 heteroatoms. The number of nitrogens with two attached hydrogens (primary N) is 2. The standard InChI is InChI=1S/C24H41N5O6S/c1-16(2)15-27-23(31)21(17(3)4)28-22(30)20(14-18-10-6-5-7-11-18)29(36(26,34)35)19(24(32)33)12-8-9-13-25/h5-7,10-11,16-17,19-21H,8-9,12-15,25H2,1-4H3,(H,27,31)(H,28,30)(H,32,33)(H2,26,34,35)/t19-,20-,21-/m0/s1. The lowest BCUT2D eigenvalue weighted by atomic mass is 9.99. The van der Waals surface area contributed by atoms with Crippen LogP contribution in [0.25, 0.3) is 0 Å². The molecule has 1 rings (SSSR count). The highest BCUT2D eigenvalue weighted by Crippen LogP contribution is 2.20. The zero-order chi connectivity index (χ0) is 27.5. The quantitative estimate of drug-likeness (QED) is 0.195. The summed E-state index contributed by atoms with van der Waals surface area (Å²) < 4.78 is 26.0. The average molecular weight is 528 g/mol. The highest BCUT2D eigenvalue weighted by molar-refractivity contribution is 7.86. The summed E-state index contributed by atoms with van der Waals surface area (Å²) in [6, 6.07) is 4.55. The van der Waals surface area contributed by atoms with Crippen molar-refractivity contribution in [1.29, 1.82) is 0 Å². The molecule has 36 heavy (non-hydrogen) atoms. The minimum atomic E-state index is -4.65. The van der Waals surface area contributed by atoms with Crippen LogP contribution in [-0.4, -0.2) is 66.8 Å². The largest absolute Gasteiger partial charge is 0.480 e. The molecule has 0 saturated carbocycles. The Bertz CT molecular complexity index is 955. The van der Waals surface area contributed by atoms with E-state index in [-0.39, 0.29) is 24.7 Å². The monoisotopic (exact) mass is 527 g/mol. The van der Waals surface area contributed by atoms with E-state index in [1.54, 1.807) is 44.2 Å². The van der Waals surface area contributed by atoms with Crippen LogP contribution in [0.3, 0.4) is 0 Å². The number of carboxylic acid groups (broad SMARTS) is 1. The highest BCUT2D eigenvalue weighted by Gasteiger charge is 2.42. The molecular weight excluding hydrogens is 486 g/mol. The van der Waals surface area contributed by atoms with E-state index in [2.05, 4.69) is 10.6 Å². The number of benzene rings is 1. The summed E-state index contributed by atoms with van der Waals surface area (Å²) in [7, 11) is -4.65. The van der Waals surface area contributed by atoms with E-state index in [0.29, 0.717) is 35.8 Å². The van der Waals surface area contributed by atoms with Gasteiger partial charge in [-0.3, -0.25) is 14.4 Å². The maximum absolute atomic E-state index is 13.6. The summed E-state index contributed by atoms with van der Waals surface area (Å²) in [5, 5.41) is 20.8. The molecule has 0 aliphatic heterocycles. The Labute approximate surface area is 214 Å².